The van der Waals surface area contributed by atoms with Crippen LogP contribution in [0.4, 0.5) is 0 Å². The van der Waals surface area contributed by atoms with Crippen molar-refractivity contribution < 1.29 is 24.2 Å². The number of aliphatic hydroxyl groups excluding tert-OH is 1. The summed E-state index contributed by atoms with van der Waals surface area (Å²) in [5.41, 5.74) is 3.54. The van der Waals surface area contributed by atoms with Gasteiger partial charge in [0.25, 0.3) is 11.7 Å². The molecular formula is C26H29NO5. The normalized spacial score (nSPS) is 21.8. The summed E-state index contributed by atoms with van der Waals surface area (Å²) in [6, 6.07) is 12.6. The fourth-order valence-electron chi connectivity index (χ4n) is 4.43. The van der Waals surface area contributed by atoms with Crippen LogP contribution in [-0.2, 0) is 20.7 Å². The second-order valence-electron chi connectivity index (χ2n) is 8.76. The maximum Gasteiger partial charge on any atom is 0.295 e. The number of benzene rings is 2. The van der Waals surface area contributed by atoms with Gasteiger partial charge in [-0.25, -0.2) is 0 Å². The van der Waals surface area contributed by atoms with Gasteiger partial charge in [-0.2, -0.15) is 0 Å². The molecule has 0 aromatic heterocycles. The topological polar surface area (TPSA) is 76.1 Å². The van der Waals surface area contributed by atoms with Gasteiger partial charge < -0.3 is 19.5 Å². The van der Waals surface area contributed by atoms with Crippen molar-refractivity contribution in [2.45, 2.75) is 45.3 Å². The maximum absolute atomic E-state index is 13.1. The first-order chi connectivity index (χ1) is 15.3. The molecule has 0 aliphatic carbocycles. The summed E-state index contributed by atoms with van der Waals surface area (Å²) < 4.78 is 10.9. The molecule has 1 saturated heterocycles. The highest BCUT2D eigenvalue weighted by Gasteiger charge is 2.46. The fourth-order valence-corrected chi connectivity index (χ4v) is 4.43. The third-order valence-corrected chi connectivity index (χ3v) is 6.16. The third-order valence-electron chi connectivity index (χ3n) is 6.16. The first-order valence-corrected chi connectivity index (χ1v) is 11.0. The number of rotatable bonds is 6. The Morgan fingerprint density at radius 1 is 1.19 bits per heavy atom. The number of aliphatic hydroxyl groups is 1. The van der Waals surface area contributed by atoms with E-state index in [1.165, 1.54) is 4.90 Å². The molecule has 0 spiro atoms. The van der Waals surface area contributed by atoms with E-state index in [0.717, 1.165) is 28.9 Å². The number of carbonyl (C=O) groups excluding carboxylic acids is 2. The molecule has 2 aliphatic rings. The van der Waals surface area contributed by atoms with Gasteiger partial charge in [-0.3, -0.25) is 9.59 Å². The number of amides is 1. The van der Waals surface area contributed by atoms with Crippen molar-refractivity contribution in [1.82, 2.24) is 4.90 Å². The number of ether oxygens (including phenoxy) is 2. The molecule has 2 aromatic carbocycles. The van der Waals surface area contributed by atoms with Crippen LogP contribution in [0.3, 0.4) is 0 Å². The monoisotopic (exact) mass is 435 g/mol. The van der Waals surface area contributed by atoms with Crippen LogP contribution in [-0.4, -0.2) is 48.1 Å². The summed E-state index contributed by atoms with van der Waals surface area (Å²) in [6.07, 6.45) is 0.806. The van der Waals surface area contributed by atoms with Crippen molar-refractivity contribution in [2.24, 2.45) is 0 Å². The molecule has 168 valence electrons. The van der Waals surface area contributed by atoms with Crippen LogP contribution >= 0.6 is 0 Å². The number of methoxy groups -OCH3 is 1. The molecule has 6 heteroatoms. The largest absolute Gasteiger partial charge is 0.507 e. The minimum atomic E-state index is -0.679. The van der Waals surface area contributed by atoms with Gasteiger partial charge in [0, 0.05) is 25.6 Å². The Bertz CT molecular complexity index is 1070. The summed E-state index contributed by atoms with van der Waals surface area (Å²) in [5.74, 6) is -0.319. The van der Waals surface area contributed by atoms with Crippen LogP contribution in [0.2, 0.25) is 0 Å². The molecule has 0 unspecified atom stereocenters. The Balaban J connectivity index is 1.81. The lowest BCUT2D eigenvalue weighted by Crippen LogP contribution is -2.32. The number of hydrogen-bond acceptors (Lipinski definition) is 5. The second kappa shape index (κ2) is 8.79. The molecule has 2 atom stereocenters. The van der Waals surface area contributed by atoms with Gasteiger partial charge in [0.05, 0.1) is 18.2 Å². The maximum atomic E-state index is 13.1. The molecule has 2 aliphatic heterocycles. The van der Waals surface area contributed by atoms with Gasteiger partial charge in [-0.05, 0) is 47.7 Å². The van der Waals surface area contributed by atoms with E-state index in [4.69, 9.17) is 9.47 Å². The highest BCUT2D eigenvalue weighted by molar-refractivity contribution is 6.46. The minimum Gasteiger partial charge on any atom is -0.507 e. The lowest BCUT2D eigenvalue weighted by atomic mass is 9.92. The molecular weight excluding hydrogens is 406 g/mol. The molecule has 6 nitrogen and oxygen atoms in total. The second-order valence-corrected chi connectivity index (χ2v) is 8.76. The third kappa shape index (κ3) is 3.91. The molecule has 0 radical (unpaired) electrons. The van der Waals surface area contributed by atoms with E-state index in [2.05, 4.69) is 13.8 Å². The zero-order valence-electron chi connectivity index (χ0n) is 18.9. The number of Topliss-reactive ketones (excluding diaryl/α,β-unsaturated/α-hetero) is 1. The van der Waals surface area contributed by atoms with Crippen molar-refractivity contribution in [3.05, 3.63) is 70.3 Å². The molecule has 2 heterocycles. The van der Waals surface area contributed by atoms with E-state index in [9.17, 15) is 14.7 Å². The van der Waals surface area contributed by atoms with Crippen LogP contribution in [0, 0.1) is 0 Å². The number of ketones is 1. The number of hydrogen-bond donors (Lipinski definition) is 1. The minimum absolute atomic E-state index is 0.0708. The van der Waals surface area contributed by atoms with Crippen LogP contribution < -0.4 is 4.74 Å². The number of nitrogens with zero attached hydrogens (tertiary/aromatic N) is 1. The highest BCUT2D eigenvalue weighted by Crippen LogP contribution is 2.40. The number of likely N-dealkylation sites (tertiary alicyclic amines) is 1. The summed E-state index contributed by atoms with van der Waals surface area (Å²) in [6.45, 7) is 6.75. The van der Waals surface area contributed by atoms with Crippen molar-refractivity contribution in [3.63, 3.8) is 0 Å². The Morgan fingerprint density at radius 2 is 1.91 bits per heavy atom. The quantitative estimate of drug-likeness (QED) is 0.418. The van der Waals surface area contributed by atoms with E-state index in [0.29, 0.717) is 18.1 Å². The van der Waals surface area contributed by atoms with Crippen molar-refractivity contribution in [2.75, 3.05) is 20.3 Å². The van der Waals surface area contributed by atoms with Gasteiger partial charge in [0.1, 0.15) is 17.6 Å². The summed E-state index contributed by atoms with van der Waals surface area (Å²) in [7, 11) is 1.55. The van der Waals surface area contributed by atoms with Crippen LogP contribution in [0.1, 0.15) is 55.0 Å². The van der Waals surface area contributed by atoms with Crippen molar-refractivity contribution in [1.29, 1.82) is 0 Å². The standard InChI is InChI=1S/C26H29NO5/c1-15(2)17-5-7-18(8-6-17)23-22(25(29)26(30)27(23)11-12-31-4)24(28)19-9-10-21-20(14-19)13-16(3)32-21/h5-10,14-16,23,28H,11-13H2,1-4H3/b24-22+/t16-,23+/m0/s1. The fraction of sp³-hybridized carbons (Fsp3) is 0.385. The van der Waals surface area contributed by atoms with E-state index in [-0.39, 0.29) is 24.0 Å². The van der Waals surface area contributed by atoms with Gasteiger partial charge in [-0.1, -0.05) is 38.1 Å². The lowest BCUT2D eigenvalue weighted by molar-refractivity contribution is -0.140. The van der Waals surface area contributed by atoms with Gasteiger partial charge in [0.2, 0.25) is 0 Å². The van der Waals surface area contributed by atoms with Crippen molar-refractivity contribution in [3.8, 4) is 5.75 Å². The Morgan fingerprint density at radius 3 is 2.56 bits per heavy atom. The van der Waals surface area contributed by atoms with Crippen molar-refractivity contribution >= 4 is 17.4 Å². The summed E-state index contributed by atoms with van der Waals surface area (Å²) in [5, 5.41) is 11.2. The lowest BCUT2D eigenvalue weighted by Gasteiger charge is -2.25. The first kappa shape index (κ1) is 22.1. The molecule has 1 amide bonds. The summed E-state index contributed by atoms with van der Waals surface area (Å²) in [4.78, 5) is 27.5. The average molecular weight is 436 g/mol. The zero-order valence-corrected chi connectivity index (χ0v) is 18.9. The van der Waals surface area contributed by atoms with Crippen LogP contribution in [0.5, 0.6) is 5.75 Å². The SMILES string of the molecule is COCCN1C(=O)C(=O)/C(=C(/O)c2ccc3c(c2)C[C@H](C)O3)[C@H]1c1ccc(C(C)C)cc1. The highest BCUT2D eigenvalue weighted by atomic mass is 16.5. The Kier molecular flexibility index (Phi) is 6.07. The molecule has 1 fully saturated rings. The number of fused-ring (bicyclic) bond motifs is 1. The van der Waals surface area contributed by atoms with E-state index < -0.39 is 17.7 Å². The molecule has 2 aromatic rings. The van der Waals surface area contributed by atoms with Crippen LogP contribution in [0.25, 0.3) is 5.76 Å². The summed E-state index contributed by atoms with van der Waals surface area (Å²) >= 11 is 0. The molecule has 0 bridgehead atoms. The molecule has 4 rings (SSSR count). The predicted octanol–water partition coefficient (Wildman–Crippen LogP) is 4.20. The first-order valence-electron chi connectivity index (χ1n) is 11.0. The average Bonchev–Trinajstić information content (AvgIpc) is 3.27. The van der Waals surface area contributed by atoms with E-state index >= 15 is 0 Å². The van der Waals surface area contributed by atoms with Crippen LogP contribution in [0.15, 0.2) is 48.0 Å². The number of carbonyl (C=O) groups is 2. The van der Waals surface area contributed by atoms with E-state index in [1.807, 2.05) is 37.3 Å². The van der Waals surface area contributed by atoms with Gasteiger partial charge in [0.15, 0.2) is 0 Å². The van der Waals surface area contributed by atoms with Gasteiger partial charge in [-0.15, -0.1) is 0 Å². The predicted molar refractivity (Wildman–Crippen MR) is 122 cm³/mol. The molecule has 0 saturated carbocycles. The molecule has 32 heavy (non-hydrogen) atoms. The van der Waals surface area contributed by atoms with Gasteiger partial charge >= 0.3 is 0 Å². The Labute approximate surface area is 188 Å². The Hall–Kier alpha value is -3.12. The molecule has 1 N–H and O–H groups in total. The van der Waals surface area contributed by atoms with E-state index in [1.54, 1.807) is 19.2 Å². The smallest absolute Gasteiger partial charge is 0.295 e. The zero-order chi connectivity index (χ0) is 23.0.